The molecule has 3 N–H and O–H groups in total. The van der Waals surface area contributed by atoms with Gasteiger partial charge < -0.3 is 24.6 Å². The number of rotatable bonds is 7. The molecule has 0 saturated heterocycles. The van der Waals surface area contributed by atoms with E-state index in [0.717, 1.165) is 23.9 Å². The van der Waals surface area contributed by atoms with Gasteiger partial charge in [0, 0.05) is 65.0 Å². The van der Waals surface area contributed by atoms with Crippen molar-refractivity contribution in [1.29, 1.82) is 0 Å². The summed E-state index contributed by atoms with van der Waals surface area (Å²) in [5, 5.41) is 3.18. The topological polar surface area (TPSA) is 129 Å². The minimum Gasteiger partial charge on any atom is -0.774 e. The Morgan fingerprint density at radius 2 is 1.40 bits per heavy atom. The van der Waals surface area contributed by atoms with Gasteiger partial charge in [-0.1, -0.05) is 48.5 Å². The third kappa shape index (κ3) is 12.2. The highest BCUT2D eigenvalue weighted by atomic mass is 32.2. The Bertz CT molecular complexity index is 1010. The van der Waals surface area contributed by atoms with Crippen molar-refractivity contribution in [1.82, 2.24) is 0 Å². The first-order valence-corrected chi connectivity index (χ1v) is 16.2. The average Bonchev–Trinajstić information content (AvgIpc) is 2.74. The highest BCUT2D eigenvalue weighted by Gasteiger charge is 2.40. The molecule has 0 saturated carbocycles. The van der Waals surface area contributed by atoms with E-state index in [2.05, 4.69) is 5.32 Å². The fraction of sp³-hybridized carbons (Fsp3) is 0.458. The number of nitrogens with one attached hydrogen (secondary N) is 1. The summed E-state index contributed by atoms with van der Waals surface area (Å²) in [6.45, 7) is 6.91. The third-order valence-electron chi connectivity index (χ3n) is 4.69. The molecule has 35 heavy (non-hydrogen) atoms. The van der Waals surface area contributed by atoms with Gasteiger partial charge in [-0.05, 0) is 38.8 Å². The first kappa shape index (κ1) is 33.3. The molecule has 0 aliphatic rings. The molecule has 0 aromatic heterocycles. The van der Waals surface area contributed by atoms with Crippen molar-refractivity contribution in [2.75, 3.05) is 37.4 Å². The molecule has 2 rings (SSSR count). The lowest BCUT2D eigenvalue weighted by Gasteiger charge is -2.37. The number of amides is 1. The first-order chi connectivity index (χ1) is 16.1. The van der Waals surface area contributed by atoms with Crippen LogP contribution in [0.15, 0.2) is 48.5 Å². The second-order valence-electron chi connectivity index (χ2n) is 8.63. The molecule has 0 aliphatic carbocycles. The number of aryl methyl sites for hydroxylation is 2. The number of para-hydroxylation sites is 1. The summed E-state index contributed by atoms with van der Waals surface area (Å²) in [5.74, 6) is -0.289. The second kappa shape index (κ2) is 15.4. The van der Waals surface area contributed by atoms with Gasteiger partial charge in [-0.2, -0.15) is 0 Å². The van der Waals surface area contributed by atoms with Crippen LogP contribution in [0.5, 0.6) is 0 Å². The van der Waals surface area contributed by atoms with Crippen LogP contribution >= 0.6 is 7.60 Å². The van der Waals surface area contributed by atoms with Crippen molar-refractivity contribution in [3.05, 3.63) is 65.2 Å². The second-order valence-corrected chi connectivity index (χ2v) is 14.1. The lowest BCUT2D eigenvalue weighted by molar-refractivity contribution is -0.728. The van der Waals surface area contributed by atoms with E-state index in [1.807, 2.05) is 62.4 Å². The van der Waals surface area contributed by atoms with Gasteiger partial charge in [-0.3, -0.25) is 13.2 Å². The van der Waals surface area contributed by atoms with E-state index in [-0.39, 0.29) is 5.91 Å². The number of benzene rings is 2. The lowest BCUT2D eigenvalue weighted by Crippen LogP contribution is -2.97. The number of quaternary nitrogens is 1. The first-order valence-electron chi connectivity index (χ1n) is 10.7. The monoisotopic (exact) mass is 546 g/mol. The molecule has 0 spiro atoms. The summed E-state index contributed by atoms with van der Waals surface area (Å²) in [7, 11) is -4.26. The number of anilines is 1. The van der Waals surface area contributed by atoms with Gasteiger partial charge >= 0.3 is 0 Å². The van der Waals surface area contributed by atoms with Gasteiger partial charge in [0.2, 0.25) is 0 Å². The lowest BCUT2D eigenvalue weighted by atomic mass is 10.0. The zero-order chi connectivity index (χ0) is 27.4. The molecule has 2 aromatic rings. The zero-order valence-corrected chi connectivity index (χ0v) is 24.5. The van der Waals surface area contributed by atoms with Gasteiger partial charge in [0.25, 0.3) is 5.91 Å². The molecule has 198 valence electrons. The molecule has 0 fully saturated rings. The summed E-state index contributed by atoms with van der Waals surface area (Å²) in [4.78, 5) is 25.5. The van der Waals surface area contributed by atoms with Crippen molar-refractivity contribution in [2.24, 2.45) is 0 Å². The summed E-state index contributed by atoms with van der Waals surface area (Å²) in [5.41, 5.74) is 3.35. The minimum absolute atomic E-state index is 0.289. The molecule has 1 amide bonds. The van der Waals surface area contributed by atoms with E-state index in [0.29, 0.717) is 5.56 Å². The van der Waals surface area contributed by atoms with Gasteiger partial charge in [0.05, 0.1) is 0 Å². The quantitative estimate of drug-likeness (QED) is 0.514. The average molecular weight is 547 g/mol. The van der Waals surface area contributed by atoms with Crippen molar-refractivity contribution < 1.29 is 32.5 Å². The Kier molecular flexibility index (Phi) is 14.7. The Labute approximate surface area is 214 Å². The van der Waals surface area contributed by atoms with E-state index < -0.39 is 40.5 Å². The zero-order valence-electron chi connectivity index (χ0n) is 22.0. The molecule has 1 unspecified atom stereocenters. The predicted octanol–water partition coefficient (Wildman–Crippen LogP) is 2.47. The van der Waals surface area contributed by atoms with Crippen LogP contribution in [0.3, 0.4) is 0 Å². The van der Waals surface area contributed by atoms with Gasteiger partial charge in [0.1, 0.15) is 0 Å². The van der Waals surface area contributed by atoms with Gasteiger partial charge in [-0.25, -0.2) is 0 Å². The Balaban J connectivity index is 0.00000126. The van der Waals surface area contributed by atoms with Crippen LogP contribution in [-0.4, -0.2) is 51.7 Å². The van der Waals surface area contributed by atoms with Crippen molar-refractivity contribution in [3.63, 3.8) is 0 Å². The predicted molar refractivity (Wildman–Crippen MR) is 144 cm³/mol. The summed E-state index contributed by atoms with van der Waals surface area (Å²) < 4.78 is 36.1. The van der Waals surface area contributed by atoms with Crippen molar-refractivity contribution >= 4 is 40.8 Å². The number of hydrogen-bond acceptors (Lipinski definition) is 6. The van der Waals surface area contributed by atoms with Crippen LogP contribution in [0.25, 0.3) is 0 Å². The van der Waals surface area contributed by atoms with E-state index in [4.69, 9.17) is 4.52 Å². The minimum atomic E-state index is -4.18. The van der Waals surface area contributed by atoms with Crippen LogP contribution in [0.2, 0.25) is 0 Å². The Hall–Kier alpha value is -1.68. The summed E-state index contributed by atoms with van der Waals surface area (Å²) >= 11 is 0. The smallest absolute Gasteiger partial charge is 0.287 e. The molecule has 0 radical (unpaired) electrons. The maximum atomic E-state index is 13.1. The SMILES string of the molecule is COP(=O)([O-])C(C)(C)[NH2+][C@@H](C(=O)Nc1c(C)cccc1C)c1ccccc1.CS(C)=O.CS(C)=O. The van der Waals surface area contributed by atoms with Gasteiger partial charge in [-0.15, -0.1) is 0 Å². The third-order valence-corrected chi connectivity index (χ3v) is 6.73. The molecular weight excluding hydrogens is 507 g/mol. The normalized spacial score (nSPS) is 13.6. The number of carbonyl (C=O) groups is 1. The number of carbonyl (C=O) groups excluding carboxylic acids is 1. The maximum absolute atomic E-state index is 13.1. The molecule has 8 nitrogen and oxygen atoms in total. The maximum Gasteiger partial charge on any atom is 0.287 e. The fourth-order valence-electron chi connectivity index (χ4n) is 2.93. The Morgan fingerprint density at radius 3 is 1.80 bits per heavy atom. The Morgan fingerprint density at radius 1 is 0.971 bits per heavy atom. The van der Waals surface area contributed by atoms with E-state index in [1.54, 1.807) is 25.0 Å². The summed E-state index contributed by atoms with van der Waals surface area (Å²) in [6.07, 6.45) is 6.56. The van der Waals surface area contributed by atoms with Crippen LogP contribution in [0.1, 0.15) is 36.6 Å². The number of nitrogens with two attached hydrogens (primary N) is 1. The van der Waals surface area contributed by atoms with Crippen LogP contribution in [0, 0.1) is 13.8 Å². The van der Waals surface area contributed by atoms with Crippen molar-refractivity contribution in [2.45, 2.75) is 39.0 Å². The molecule has 0 heterocycles. The van der Waals surface area contributed by atoms with Crippen LogP contribution < -0.4 is 15.5 Å². The largest absolute Gasteiger partial charge is 0.774 e. The molecule has 2 aromatic carbocycles. The molecule has 0 bridgehead atoms. The van der Waals surface area contributed by atoms with E-state index in [1.165, 1.54) is 19.2 Å². The number of hydrogen-bond donors (Lipinski definition) is 2. The molecular formula is C24H39N2O6PS2. The summed E-state index contributed by atoms with van der Waals surface area (Å²) in [6, 6.07) is 14.1. The standard InChI is InChI=1S/C20H27N2O4P.2C2H6OS/c1-14-10-9-11-15(2)17(14)21-19(23)18(16-12-7-6-8-13-16)22-20(3,4)27(24,25)26-5;2*1-4(2)3/h6-13,18,22H,1-5H3,(H,21,23)(H,24,25);2*1-2H3/t18-;;/m1../s1. The molecule has 11 heteroatoms. The van der Waals surface area contributed by atoms with E-state index in [9.17, 15) is 22.7 Å². The molecule has 0 aliphatic heterocycles. The van der Waals surface area contributed by atoms with Gasteiger partial charge in [0.15, 0.2) is 18.9 Å². The molecule has 2 atom stereocenters. The highest BCUT2D eigenvalue weighted by molar-refractivity contribution is 7.83. The van der Waals surface area contributed by atoms with E-state index >= 15 is 0 Å². The van der Waals surface area contributed by atoms with Crippen LogP contribution in [0.4, 0.5) is 5.69 Å². The fourth-order valence-corrected chi connectivity index (χ4v) is 3.73. The van der Waals surface area contributed by atoms with Crippen LogP contribution in [-0.2, 0) is 35.5 Å². The van der Waals surface area contributed by atoms with Crippen molar-refractivity contribution in [3.8, 4) is 0 Å². The highest BCUT2D eigenvalue weighted by Crippen LogP contribution is 2.46.